The van der Waals surface area contributed by atoms with Crippen molar-refractivity contribution in [3.8, 4) is 0 Å². The fourth-order valence-corrected chi connectivity index (χ4v) is 3.93. The lowest BCUT2D eigenvalue weighted by Crippen LogP contribution is -2.30. The van der Waals surface area contributed by atoms with Gasteiger partial charge in [-0.1, -0.05) is 37.3 Å². The van der Waals surface area contributed by atoms with Crippen LogP contribution in [0.25, 0.3) is 5.57 Å². The normalized spacial score (nSPS) is 14.2. The van der Waals surface area contributed by atoms with Crippen molar-refractivity contribution in [3.05, 3.63) is 70.8 Å². The van der Waals surface area contributed by atoms with Crippen LogP contribution in [0.5, 0.6) is 0 Å². The van der Waals surface area contributed by atoms with Crippen LogP contribution in [0.3, 0.4) is 0 Å². The minimum absolute atomic E-state index is 0. The maximum absolute atomic E-state index is 12.7. The monoisotopic (exact) mass is 409 g/mol. The lowest BCUT2D eigenvalue weighted by molar-refractivity contribution is -0.135. The highest BCUT2D eigenvalue weighted by Crippen LogP contribution is 2.33. The van der Waals surface area contributed by atoms with Gasteiger partial charge in [0.2, 0.25) is 0 Å². The molecule has 1 aliphatic rings. The molecule has 2 aromatic rings. The molecule has 0 bridgehead atoms. The SMILES string of the molecule is C.CCN(CC)C(=O)c1ccc(C(=C2CCN(OC)CC2)c2cccc(N)c2)cc1. The maximum atomic E-state index is 12.7. The number of carbonyl (C=O) groups is 1. The van der Waals surface area contributed by atoms with Gasteiger partial charge in [0, 0.05) is 37.4 Å². The van der Waals surface area contributed by atoms with Crippen molar-refractivity contribution in [2.24, 2.45) is 0 Å². The summed E-state index contributed by atoms with van der Waals surface area (Å²) in [5.74, 6) is 0.0770. The van der Waals surface area contributed by atoms with Crippen molar-refractivity contribution in [3.63, 3.8) is 0 Å². The fraction of sp³-hybridized carbons (Fsp3) is 0.400. The largest absolute Gasteiger partial charge is 0.399 e. The van der Waals surface area contributed by atoms with Crippen LogP contribution < -0.4 is 5.73 Å². The molecule has 0 atom stereocenters. The van der Waals surface area contributed by atoms with Gasteiger partial charge in [0.1, 0.15) is 0 Å². The first kappa shape index (κ1) is 23.6. The number of rotatable bonds is 6. The Bertz CT molecular complexity index is 860. The van der Waals surface area contributed by atoms with E-state index in [1.807, 2.05) is 54.1 Å². The van der Waals surface area contributed by atoms with Crippen molar-refractivity contribution in [1.82, 2.24) is 9.96 Å². The molecule has 162 valence electrons. The molecule has 1 amide bonds. The number of hydroxylamine groups is 2. The number of nitrogens with two attached hydrogens (primary N) is 1. The first-order chi connectivity index (χ1) is 14.1. The van der Waals surface area contributed by atoms with E-state index in [4.69, 9.17) is 10.6 Å². The van der Waals surface area contributed by atoms with E-state index >= 15 is 0 Å². The van der Waals surface area contributed by atoms with Crippen molar-refractivity contribution < 1.29 is 9.63 Å². The topological polar surface area (TPSA) is 58.8 Å². The Morgan fingerprint density at radius 3 is 2.13 bits per heavy atom. The van der Waals surface area contributed by atoms with Gasteiger partial charge in [-0.15, -0.1) is 0 Å². The van der Waals surface area contributed by atoms with Crippen LogP contribution in [0.1, 0.15) is 55.6 Å². The molecular formula is C25H35N3O2. The summed E-state index contributed by atoms with van der Waals surface area (Å²) in [6.07, 6.45) is 1.89. The molecule has 30 heavy (non-hydrogen) atoms. The number of anilines is 1. The van der Waals surface area contributed by atoms with E-state index in [0.29, 0.717) is 13.1 Å². The summed E-state index contributed by atoms with van der Waals surface area (Å²) in [7, 11) is 1.72. The molecular weight excluding hydrogens is 374 g/mol. The Kier molecular flexibility index (Phi) is 8.63. The van der Waals surface area contributed by atoms with Gasteiger partial charge < -0.3 is 15.5 Å². The third-order valence-electron chi connectivity index (χ3n) is 5.58. The average molecular weight is 410 g/mol. The summed E-state index contributed by atoms with van der Waals surface area (Å²) in [5.41, 5.74) is 12.4. The number of benzene rings is 2. The summed E-state index contributed by atoms with van der Waals surface area (Å²) < 4.78 is 0. The van der Waals surface area contributed by atoms with Crippen LogP contribution in [0, 0.1) is 0 Å². The third kappa shape index (κ3) is 5.29. The summed E-state index contributed by atoms with van der Waals surface area (Å²) in [4.78, 5) is 19.9. The summed E-state index contributed by atoms with van der Waals surface area (Å²) in [5, 5.41) is 1.99. The number of hydrogen-bond acceptors (Lipinski definition) is 4. The summed E-state index contributed by atoms with van der Waals surface area (Å²) in [6, 6.07) is 16.0. The molecule has 2 N–H and O–H groups in total. The standard InChI is InChI=1S/C24H31N3O2.CH4/c1-4-26(5-2)24(28)20-11-9-18(10-12-20)23(21-7-6-8-22(25)17-21)19-13-15-27(29-3)16-14-19;/h6-12,17H,4-5,13-16,25H2,1-3H3;1H4. The van der Waals surface area contributed by atoms with E-state index in [1.54, 1.807) is 7.11 Å². The molecule has 1 saturated heterocycles. The molecule has 5 nitrogen and oxygen atoms in total. The molecule has 2 aromatic carbocycles. The number of hydrogen-bond donors (Lipinski definition) is 1. The zero-order valence-electron chi connectivity index (χ0n) is 17.6. The van der Waals surface area contributed by atoms with E-state index in [9.17, 15) is 4.79 Å². The van der Waals surface area contributed by atoms with Gasteiger partial charge in [-0.05, 0) is 67.7 Å². The molecule has 1 aliphatic heterocycles. The average Bonchev–Trinajstić information content (AvgIpc) is 2.76. The van der Waals surface area contributed by atoms with Gasteiger partial charge in [0.05, 0.1) is 7.11 Å². The lowest BCUT2D eigenvalue weighted by Gasteiger charge is -2.28. The molecule has 0 aliphatic carbocycles. The van der Waals surface area contributed by atoms with Crippen LogP contribution >= 0.6 is 0 Å². The van der Waals surface area contributed by atoms with E-state index in [1.165, 1.54) is 11.1 Å². The number of carbonyl (C=O) groups excluding carboxylic acids is 1. The van der Waals surface area contributed by atoms with Gasteiger partial charge in [-0.3, -0.25) is 4.79 Å². The van der Waals surface area contributed by atoms with Gasteiger partial charge in [0.15, 0.2) is 0 Å². The van der Waals surface area contributed by atoms with Crippen LogP contribution in [0.15, 0.2) is 54.1 Å². The second-order valence-electron chi connectivity index (χ2n) is 7.27. The Morgan fingerprint density at radius 1 is 1.00 bits per heavy atom. The second kappa shape index (κ2) is 11.0. The van der Waals surface area contributed by atoms with Gasteiger partial charge in [-0.25, -0.2) is 0 Å². The molecule has 1 heterocycles. The highest BCUT2D eigenvalue weighted by molar-refractivity contribution is 5.95. The Morgan fingerprint density at radius 2 is 1.60 bits per heavy atom. The smallest absolute Gasteiger partial charge is 0.253 e. The number of piperidine rings is 1. The predicted molar refractivity (Wildman–Crippen MR) is 125 cm³/mol. The minimum Gasteiger partial charge on any atom is -0.399 e. The molecule has 0 spiro atoms. The minimum atomic E-state index is 0. The Hall–Kier alpha value is -2.63. The molecule has 0 radical (unpaired) electrons. The van der Waals surface area contributed by atoms with Gasteiger partial charge in [-0.2, -0.15) is 5.06 Å². The zero-order valence-corrected chi connectivity index (χ0v) is 17.6. The van der Waals surface area contributed by atoms with E-state index in [0.717, 1.165) is 48.3 Å². The maximum Gasteiger partial charge on any atom is 0.253 e. The number of nitrogens with zero attached hydrogens (tertiary/aromatic N) is 2. The van der Waals surface area contributed by atoms with Crippen molar-refractivity contribution in [2.45, 2.75) is 34.1 Å². The van der Waals surface area contributed by atoms with Crippen LogP contribution in [0.2, 0.25) is 0 Å². The molecule has 0 unspecified atom stereocenters. The van der Waals surface area contributed by atoms with Crippen LogP contribution in [-0.2, 0) is 4.84 Å². The Balaban J connectivity index is 0.00000320. The van der Waals surface area contributed by atoms with E-state index < -0.39 is 0 Å². The molecule has 0 aromatic heterocycles. The number of amides is 1. The van der Waals surface area contributed by atoms with Crippen molar-refractivity contribution in [2.75, 3.05) is 39.0 Å². The van der Waals surface area contributed by atoms with Crippen molar-refractivity contribution in [1.29, 1.82) is 0 Å². The van der Waals surface area contributed by atoms with Crippen LogP contribution in [0.4, 0.5) is 5.69 Å². The predicted octanol–water partition coefficient (Wildman–Crippen LogP) is 4.85. The van der Waals surface area contributed by atoms with Crippen LogP contribution in [-0.4, -0.2) is 49.2 Å². The highest BCUT2D eigenvalue weighted by Gasteiger charge is 2.20. The van der Waals surface area contributed by atoms with E-state index in [2.05, 4.69) is 18.2 Å². The fourth-order valence-electron chi connectivity index (χ4n) is 3.93. The van der Waals surface area contributed by atoms with Gasteiger partial charge >= 0.3 is 0 Å². The molecule has 3 rings (SSSR count). The number of nitrogen functional groups attached to an aromatic ring is 1. The zero-order chi connectivity index (χ0) is 20.8. The van der Waals surface area contributed by atoms with E-state index in [-0.39, 0.29) is 13.3 Å². The quantitative estimate of drug-likeness (QED) is 0.693. The second-order valence-corrected chi connectivity index (χ2v) is 7.27. The first-order valence-corrected chi connectivity index (χ1v) is 10.3. The highest BCUT2D eigenvalue weighted by atomic mass is 16.7. The molecule has 5 heteroatoms. The molecule has 0 saturated carbocycles. The summed E-state index contributed by atoms with van der Waals surface area (Å²) >= 11 is 0. The van der Waals surface area contributed by atoms with Crippen molar-refractivity contribution >= 4 is 17.2 Å². The summed E-state index contributed by atoms with van der Waals surface area (Å²) in [6.45, 7) is 7.18. The lowest BCUT2D eigenvalue weighted by atomic mass is 9.88. The third-order valence-corrected chi connectivity index (χ3v) is 5.58. The first-order valence-electron chi connectivity index (χ1n) is 10.3. The Labute approximate surface area is 181 Å². The molecule has 1 fully saturated rings. The van der Waals surface area contributed by atoms with Gasteiger partial charge in [0.25, 0.3) is 5.91 Å².